The van der Waals surface area contributed by atoms with Gasteiger partial charge < -0.3 is 10.0 Å². The van der Waals surface area contributed by atoms with Crippen LogP contribution in [0.25, 0.3) is 21.3 Å². The van der Waals surface area contributed by atoms with Crippen LogP contribution in [-0.2, 0) is 4.79 Å². The van der Waals surface area contributed by atoms with Gasteiger partial charge in [0.1, 0.15) is 5.69 Å². The Hall–Kier alpha value is -2.51. The Morgan fingerprint density at radius 3 is 2.75 bits per heavy atom. The van der Waals surface area contributed by atoms with E-state index in [-0.39, 0.29) is 12.3 Å². The molecule has 6 nitrogen and oxygen atoms in total. The van der Waals surface area contributed by atoms with Gasteiger partial charge in [-0.3, -0.25) is 14.7 Å². The molecule has 3 aliphatic heterocycles. The molecule has 3 fully saturated rings. The zero-order valence-electron chi connectivity index (χ0n) is 15.5. The zero-order chi connectivity index (χ0) is 19.5. The smallest absolute Gasteiger partial charge is 0.290 e. The summed E-state index contributed by atoms with van der Waals surface area (Å²) in [5, 5.41) is 17.3. The number of benzene rings is 1. The summed E-state index contributed by atoms with van der Waals surface area (Å²) in [4.78, 5) is 25.1. The average Bonchev–Trinajstić information content (AvgIpc) is 3.39. The monoisotopic (exact) mass is 397 g/mol. The maximum absolute atomic E-state index is 13.0. The Bertz CT molecular complexity index is 959. The molecule has 28 heavy (non-hydrogen) atoms. The summed E-state index contributed by atoms with van der Waals surface area (Å²) >= 11 is 1.72. The lowest BCUT2D eigenvalue weighted by Crippen LogP contribution is -2.47. The number of hydrogen-bond acceptors (Lipinski definition) is 5. The fraction of sp³-hybridized carbons (Fsp3) is 0.381. The first-order chi connectivity index (χ1) is 13.7. The van der Waals surface area contributed by atoms with E-state index in [1.807, 2.05) is 6.07 Å². The summed E-state index contributed by atoms with van der Waals surface area (Å²) in [6, 6.07) is 10.4. The lowest BCUT2D eigenvalue weighted by atomic mass is 9.76. The molecule has 1 atom stereocenters. The van der Waals surface area contributed by atoms with Crippen molar-refractivity contribution in [2.45, 2.75) is 19.3 Å². The molecule has 0 unspecified atom stereocenters. The number of hydrogen-bond donors (Lipinski definition) is 2. The molecular weight excluding hydrogens is 374 g/mol. The minimum Gasteiger partial charge on any atom is -0.483 e. The van der Waals surface area contributed by atoms with E-state index in [9.17, 15) is 4.79 Å². The number of carboxylic acid groups (broad SMARTS) is 1. The molecule has 5 heterocycles. The topological polar surface area (TPSA) is 86.3 Å². The molecular formula is C21H23N3O3S. The molecule has 2 bridgehead atoms. The van der Waals surface area contributed by atoms with E-state index < -0.39 is 0 Å². The minimum atomic E-state index is -0.250. The molecule has 0 saturated carbocycles. The number of carbonyl (C=O) groups is 2. The van der Waals surface area contributed by atoms with E-state index in [1.54, 1.807) is 11.3 Å². The Morgan fingerprint density at radius 1 is 1.32 bits per heavy atom. The van der Waals surface area contributed by atoms with Crippen molar-refractivity contribution >= 4 is 34.5 Å². The first kappa shape index (κ1) is 18.8. The summed E-state index contributed by atoms with van der Waals surface area (Å²) < 4.78 is 0. The predicted octanol–water partition coefficient (Wildman–Crippen LogP) is 3.91. The van der Waals surface area contributed by atoms with E-state index in [0.29, 0.717) is 18.0 Å². The van der Waals surface area contributed by atoms with Crippen LogP contribution in [0.15, 0.2) is 35.7 Å². The highest BCUT2D eigenvalue weighted by Crippen LogP contribution is 2.35. The van der Waals surface area contributed by atoms with E-state index in [1.165, 1.54) is 30.8 Å². The molecule has 7 heteroatoms. The number of rotatable bonds is 4. The second-order valence-electron chi connectivity index (χ2n) is 7.44. The molecule has 0 amide bonds. The molecule has 1 aromatic carbocycles. The zero-order valence-corrected chi connectivity index (χ0v) is 16.3. The molecule has 0 spiro atoms. The third kappa shape index (κ3) is 3.72. The molecule has 2 aromatic heterocycles. The molecule has 3 saturated heterocycles. The van der Waals surface area contributed by atoms with Gasteiger partial charge in [-0.05, 0) is 66.9 Å². The number of Topliss-reactive ketones (excluding diaryl/α,β-unsaturated/α-hetero) is 1. The number of thiophene rings is 1. The van der Waals surface area contributed by atoms with Gasteiger partial charge in [-0.15, -0.1) is 11.3 Å². The highest BCUT2D eigenvalue weighted by Gasteiger charge is 2.35. The molecule has 3 aliphatic rings. The standard InChI is InChI=1S/C20H21N3OS.CH2O2/c24-18(11-15-12-23-7-5-13(15)6-8-23)20-16-10-14(19-2-1-9-25-19)3-4-17(16)21-22-20;2-1-3/h1-4,9-10,13,15H,5-8,11-12H2,(H,21,22);1H,(H,2,3)/t15-;/m0./s1. The van der Waals surface area contributed by atoms with Crippen LogP contribution in [0.4, 0.5) is 0 Å². The molecule has 0 aliphatic carbocycles. The van der Waals surface area contributed by atoms with E-state index in [0.717, 1.165) is 28.9 Å². The van der Waals surface area contributed by atoms with Crippen molar-refractivity contribution in [3.05, 3.63) is 41.4 Å². The van der Waals surface area contributed by atoms with Crippen molar-refractivity contribution in [2.75, 3.05) is 19.6 Å². The molecule has 2 N–H and O–H groups in total. The predicted molar refractivity (Wildman–Crippen MR) is 110 cm³/mol. The average molecular weight is 398 g/mol. The molecule has 3 aromatic rings. The van der Waals surface area contributed by atoms with E-state index in [4.69, 9.17) is 9.90 Å². The summed E-state index contributed by atoms with van der Waals surface area (Å²) in [6.07, 6.45) is 3.13. The summed E-state index contributed by atoms with van der Waals surface area (Å²) in [6.45, 7) is 3.26. The number of ketones is 1. The maximum atomic E-state index is 13.0. The first-order valence-electron chi connectivity index (χ1n) is 9.55. The van der Waals surface area contributed by atoms with E-state index >= 15 is 0 Å². The Morgan fingerprint density at radius 2 is 2.11 bits per heavy atom. The summed E-state index contributed by atoms with van der Waals surface area (Å²) in [7, 11) is 0. The van der Waals surface area contributed by atoms with Gasteiger partial charge >= 0.3 is 0 Å². The first-order valence-corrected chi connectivity index (χ1v) is 10.4. The van der Waals surface area contributed by atoms with Crippen molar-refractivity contribution in [1.82, 2.24) is 15.1 Å². The van der Waals surface area contributed by atoms with Crippen LogP contribution < -0.4 is 0 Å². The Kier molecular flexibility index (Phi) is 5.54. The van der Waals surface area contributed by atoms with Crippen molar-refractivity contribution in [3.63, 3.8) is 0 Å². The highest BCUT2D eigenvalue weighted by molar-refractivity contribution is 7.13. The highest BCUT2D eigenvalue weighted by atomic mass is 32.1. The normalized spacial score (nSPS) is 23.2. The fourth-order valence-electron chi connectivity index (χ4n) is 4.48. The third-order valence-electron chi connectivity index (χ3n) is 5.87. The van der Waals surface area contributed by atoms with Crippen LogP contribution in [0.3, 0.4) is 0 Å². The SMILES string of the molecule is O=C(C[C@H]1CN2CCC1CC2)c1n[nH]c2ccc(-c3cccs3)cc12.O=CO. The Balaban J connectivity index is 0.000000604. The second kappa shape index (κ2) is 8.24. The van der Waals surface area contributed by atoms with Crippen LogP contribution in [0.5, 0.6) is 0 Å². The van der Waals surface area contributed by atoms with Gasteiger partial charge in [0.2, 0.25) is 0 Å². The van der Waals surface area contributed by atoms with E-state index in [2.05, 4.69) is 44.7 Å². The van der Waals surface area contributed by atoms with Crippen molar-refractivity contribution in [3.8, 4) is 10.4 Å². The van der Waals surface area contributed by atoms with Gasteiger partial charge in [-0.25, -0.2) is 0 Å². The van der Waals surface area contributed by atoms with Crippen LogP contribution in [0.2, 0.25) is 0 Å². The summed E-state index contributed by atoms with van der Waals surface area (Å²) in [5.74, 6) is 1.41. The van der Waals surface area contributed by atoms with Gasteiger partial charge in [0, 0.05) is 23.2 Å². The van der Waals surface area contributed by atoms with Gasteiger partial charge in [-0.1, -0.05) is 12.1 Å². The molecule has 6 rings (SSSR count). The fourth-order valence-corrected chi connectivity index (χ4v) is 5.20. The van der Waals surface area contributed by atoms with Crippen molar-refractivity contribution in [1.29, 1.82) is 0 Å². The van der Waals surface area contributed by atoms with Crippen LogP contribution in [0.1, 0.15) is 29.8 Å². The number of nitrogens with zero attached hydrogens (tertiary/aromatic N) is 2. The minimum absolute atomic E-state index is 0.188. The summed E-state index contributed by atoms with van der Waals surface area (Å²) in [5.41, 5.74) is 2.71. The van der Waals surface area contributed by atoms with Crippen LogP contribution >= 0.6 is 11.3 Å². The van der Waals surface area contributed by atoms with Crippen LogP contribution in [0, 0.1) is 11.8 Å². The van der Waals surface area contributed by atoms with Gasteiger partial charge in [0.25, 0.3) is 6.47 Å². The number of carbonyl (C=O) groups excluding carboxylic acids is 1. The van der Waals surface area contributed by atoms with Gasteiger partial charge in [-0.2, -0.15) is 5.10 Å². The molecule has 0 radical (unpaired) electrons. The van der Waals surface area contributed by atoms with Crippen molar-refractivity contribution in [2.24, 2.45) is 11.8 Å². The van der Waals surface area contributed by atoms with Gasteiger partial charge in [0.15, 0.2) is 5.78 Å². The van der Waals surface area contributed by atoms with Crippen molar-refractivity contribution < 1.29 is 14.7 Å². The lowest BCUT2D eigenvalue weighted by molar-refractivity contribution is -0.122. The quantitative estimate of drug-likeness (QED) is 0.515. The number of piperidine rings is 3. The van der Waals surface area contributed by atoms with Gasteiger partial charge in [0.05, 0.1) is 5.52 Å². The number of aromatic amines is 1. The Labute approximate surface area is 167 Å². The lowest BCUT2D eigenvalue weighted by Gasteiger charge is -2.44. The van der Waals surface area contributed by atoms with Crippen LogP contribution in [-0.4, -0.2) is 52.1 Å². The largest absolute Gasteiger partial charge is 0.483 e. The third-order valence-corrected chi connectivity index (χ3v) is 6.79. The second-order valence-corrected chi connectivity index (χ2v) is 8.39. The number of H-pyrrole nitrogens is 1. The molecule has 146 valence electrons. The number of fused-ring (bicyclic) bond motifs is 4. The maximum Gasteiger partial charge on any atom is 0.290 e. The number of aromatic nitrogens is 2. The number of nitrogens with one attached hydrogen (secondary N) is 1.